The van der Waals surface area contributed by atoms with Gasteiger partial charge in [-0.25, -0.2) is 0 Å². The molecule has 12 rings (SSSR count). The molecule has 7 aromatic carbocycles. The molecule has 0 saturated heterocycles. The highest BCUT2D eigenvalue weighted by atomic mass is 16.3. The van der Waals surface area contributed by atoms with E-state index in [0.717, 1.165) is 80.1 Å². The molecule has 2 aromatic heterocycles. The summed E-state index contributed by atoms with van der Waals surface area (Å²) in [4.78, 5) is 2.56. The summed E-state index contributed by atoms with van der Waals surface area (Å²) >= 11 is 0. The lowest BCUT2D eigenvalue weighted by Gasteiger charge is -2.46. The zero-order valence-electron chi connectivity index (χ0n) is 34.0. The summed E-state index contributed by atoms with van der Waals surface area (Å²) in [5.41, 5.74) is 19.8. The number of fused-ring (bicyclic) bond motifs is 11. The van der Waals surface area contributed by atoms with Crippen molar-refractivity contribution < 1.29 is 8.83 Å². The van der Waals surface area contributed by atoms with E-state index in [0.29, 0.717) is 0 Å². The minimum absolute atomic E-state index is 0.0736. The summed E-state index contributed by atoms with van der Waals surface area (Å²) < 4.78 is 13.7. The van der Waals surface area contributed by atoms with E-state index in [-0.39, 0.29) is 16.2 Å². The van der Waals surface area contributed by atoms with Gasteiger partial charge >= 0.3 is 0 Å². The number of nitrogens with one attached hydrogen (secondary N) is 1. The quantitative estimate of drug-likeness (QED) is 0.183. The second-order valence-electron chi connectivity index (χ2n) is 18.8. The van der Waals surface area contributed by atoms with Gasteiger partial charge in [0.05, 0.1) is 16.8 Å². The van der Waals surface area contributed by atoms with Crippen LogP contribution in [-0.4, -0.2) is 7.28 Å². The minimum atomic E-state index is -0.145. The van der Waals surface area contributed by atoms with Crippen molar-refractivity contribution in [2.24, 2.45) is 0 Å². The van der Waals surface area contributed by atoms with Crippen LogP contribution < -0.4 is 21.1 Å². The van der Waals surface area contributed by atoms with Gasteiger partial charge in [0.1, 0.15) is 22.3 Å². The van der Waals surface area contributed by atoms with Gasteiger partial charge in [-0.15, -0.1) is 0 Å². The Bertz CT molecular complexity index is 3230. The summed E-state index contributed by atoms with van der Waals surface area (Å²) in [6.45, 7) is 14.3. The van der Waals surface area contributed by atoms with Crippen LogP contribution in [0, 0.1) is 0 Å². The summed E-state index contributed by atoms with van der Waals surface area (Å²) in [5.74, 6) is 0. The van der Waals surface area contributed by atoms with E-state index in [1.54, 1.807) is 0 Å². The molecule has 0 radical (unpaired) electrons. The van der Waals surface area contributed by atoms with E-state index in [2.05, 4.69) is 179 Å². The lowest BCUT2D eigenvalue weighted by atomic mass is 9.55. The number of nitrogens with zero attached hydrogens (tertiary/aromatic N) is 1. The monoisotopic (exact) mass is 752 g/mol. The van der Waals surface area contributed by atoms with Gasteiger partial charge in [-0.1, -0.05) is 126 Å². The standard InChI is InChI=1S/C53H45BN2O2/c1-51(2)26-27-52(3,4)38-28-30(22-24-35(38)51)55-48-33(23-25-44-45(48)32-15-8-12-21-43(32)57-44)46-47-41(29-34-31-14-7-11-20-42(31)58-50(34)46)56-40-19-10-9-16-36(40)53(5,6)37-17-13-18-39(54-47)49(37)56/h7-25,28-29,54-55H,26-27H2,1-6H3. The van der Waals surface area contributed by atoms with E-state index in [1.165, 1.54) is 56.7 Å². The fourth-order valence-corrected chi connectivity index (χ4v) is 10.9. The molecule has 4 nitrogen and oxygen atoms in total. The maximum absolute atomic E-state index is 7.04. The van der Waals surface area contributed by atoms with Crippen LogP contribution >= 0.6 is 0 Å². The molecule has 5 heteroatoms. The van der Waals surface area contributed by atoms with Crippen molar-refractivity contribution in [2.45, 2.75) is 70.6 Å². The first kappa shape index (κ1) is 33.9. The topological polar surface area (TPSA) is 41.6 Å². The molecule has 0 atom stereocenters. The Morgan fingerprint density at radius 1 is 0.569 bits per heavy atom. The van der Waals surface area contributed by atoms with Crippen LogP contribution in [0.5, 0.6) is 0 Å². The number of hydrogen-bond acceptors (Lipinski definition) is 4. The van der Waals surface area contributed by atoms with Gasteiger partial charge in [-0.3, -0.25) is 0 Å². The van der Waals surface area contributed by atoms with Crippen LogP contribution in [0.2, 0.25) is 0 Å². The van der Waals surface area contributed by atoms with E-state index in [9.17, 15) is 0 Å². The van der Waals surface area contributed by atoms with Crippen LogP contribution in [0.1, 0.15) is 76.6 Å². The van der Waals surface area contributed by atoms with Gasteiger partial charge in [-0.2, -0.15) is 0 Å². The molecule has 0 amide bonds. The summed E-state index contributed by atoms with van der Waals surface area (Å²) in [5, 5.41) is 8.50. The number of anilines is 5. The van der Waals surface area contributed by atoms with Crippen molar-refractivity contribution in [2.75, 3.05) is 10.2 Å². The predicted octanol–water partition coefficient (Wildman–Crippen LogP) is 13.1. The molecule has 282 valence electrons. The van der Waals surface area contributed by atoms with E-state index in [1.807, 2.05) is 0 Å². The van der Waals surface area contributed by atoms with Gasteiger partial charge in [0.25, 0.3) is 0 Å². The van der Waals surface area contributed by atoms with Crippen molar-refractivity contribution in [3.05, 3.63) is 150 Å². The molecule has 0 unspecified atom stereocenters. The highest BCUT2D eigenvalue weighted by molar-refractivity contribution is 6.74. The third-order valence-electron chi connectivity index (χ3n) is 14.1. The number of para-hydroxylation sites is 4. The average Bonchev–Trinajstić information content (AvgIpc) is 3.79. The zero-order valence-corrected chi connectivity index (χ0v) is 34.0. The number of furan rings is 2. The molecule has 1 N–H and O–H groups in total. The number of benzene rings is 7. The third-order valence-corrected chi connectivity index (χ3v) is 14.1. The SMILES string of the molecule is CC1(C)CCC(C)(C)c2cc(Nc3c(-c4c5c(cc6c4oc4ccccc46)N4c6ccccc6C(C)(C)c6cccc(c64)B5)ccc4oc5ccccc5c34)ccc21. The van der Waals surface area contributed by atoms with Gasteiger partial charge in [0.15, 0.2) is 7.28 Å². The molecule has 2 aliphatic heterocycles. The molecule has 58 heavy (non-hydrogen) atoms. The Balaban J connectivity index is 1.19. The first-order valence-electron chi connectivity index (χ1n) is 20.9. The van der Waals surface area contributed by atoms with E-state index >= 15 is 0 Å². The molecule has 0 bridgehead atoms. The van der Waals surface area contributed by atoms with Crippen molar-refractivity contribution in [3.63, 3.8) is 0 Å². The molecule has 3 aliphatic rings. The Morgan fingerprint density at radius 3 is 2.10 bits per heavy atom. The maximum atomic E-state index is 7.04. The first-order valence-corrected chi connectivity index (χ1v) is 20.9. The van der Waals surface area contributed by atoms with Gasteiger partial charge < -0.3 is 19.1 Å². The van der Waals surface area contributed by atoms with Gasteiger partial charge in [0, 0.05) is 49.8 Å². The highest BCUT2D eigenvalue weighted by Gasteiger charge is 2.42. The van der Waals surface area contributed by atoms with E-state index in [4.69, 9.17) is 8.83 Å². The molecule has 0 fully saturated rings. The number of hydrogen-bond donors (Lipinski definition) is 1. The Kier molecular flexibility index (Phi) is 6.71. The van der Waals surface area contributed by atoms with Gasteiger partial charge in [0.2, 0.25) is 0 Å². The fourth-order valence-electron chi connectivity index (χ4n) is 10.9. The van der Waals surface area contributed by atoms with Crippen molar-refractivity contribution >= 4 is 90.5 Å². The molecule has 0 spiro atoms. The van der Waals surface area contributed by atoms with Gasteiger partial charge in [-0.05, 0) is 99.9 Å². The second-order valence-corrected chi connectivity index (χ2v) is 18.8. The highest BCUT2D eigenvalue weighted by Crippen LogP contribution is 2.54. The molecule has 9 aromatic rings. The summed E-state index contributed by atoms with van der Waals surface area (Å²) in [7, 11) is 0.779. The molecular formula is C53H45BN2O2. The summed E-state index contributed by atoms with van der Waals surface area (Å²) in [6.07, 6.45) is 2.34. The normalized spacial score (nSPS) is 16.8. The number of rotatable bonds is 3. The molecule has 1 aliphatic carbocycles. The second kappa shape index (κ2) is 11.5. The van der Waals surface area contributed by atoms with Crippen LogP contribution in [0.3, 0.4) is 0 Å². The molecule has 0 saturated carbocycles. The predicted molar refractivity (Wildman–Crippen MR) is 245 cm³/mol. The first-order chi connectivity index (χ1) is 28.0. The largest absolute Gasteiger partial charge is 0.456 e. The molecule has 4 heterocycles. The lowest BCUT2D eigenvalue weighted by molar-refractivity contribution is 0.332. The molecular weight excluding hydrogens is 707 g/mol. The fraction of sp³-hybridized carbons (Fsp3) is 0.208. The average molecular weight is 753 g/mol. The zero-order chi connectivity index (χ0) is 39.3. The van der Waals surface area contributed by atoms with E-state index < -0.39 is 0 Å². The van der Waals surface area contributed by atoms with Crippen molar-refractivity contribution in [3.8, 4) is 11.1 Å². The lowest BCUT2D eigenvalue weighted by Crippen LogP contribution is -2.45. The Labute approximate surface area is 339 Å². The van der Waals surface area contributed by atoms with Crippen LogP contribution in [0.15, 0.2) is 136 Å². The van der Waals surface area contributed by atoms with Crippen molar-refractivity contribution in [1.82, 2.24) is 0 Å². The summed E-state index contributed by atoms with van der Waals surface area (Å²) in [6, 6.07) is 46.7. The van der Waals surface area contributed by atoms with Crippen LogP contribution in [-0.2, 0) is 16.2 Å². The van der Waals surface area contributed by atoms with Crippen LogP contribution in [0.4, 0.5) is 28.4 Å². The Hall–Kier alpha value is -6.20. The smallest absolute Gasteiger partial charge is 0.198 e. The van der Waals surface area contributed by atoms with Crippen molar-refractivity contribution in [1.29, 1.82) is 0 Å². The maximum Gasteiger partial charge on any atom is 0.198 e. The van der Waals surface area contributed by atoms with Crippen LogP contribution in [0.25, 0.3) is 55.0 Å². The minimum Gasteiger partial charge on any atom is -0.456 e. The third kappa shape index (κ3) is 4.53. The Morgan fingerprint density at radius 2 is 1.28 bits per heavy atom.